The van der Waals surface area contributed by atoms with Gasteiger partial charge in [0.15, 0.2) is 0 Å². The predicted molar refractivity (Wildman–Crippen MR) is 83.0 cm³/mol. The molecule has 1 aromatic heterocycles. The van der Waals surface area contributed by atoms with Crippen LogP contribution in [-0.2, 0) is 6.54 Å². The highest BCUT2D eigenvalue weighted by molar-refractivity contribution is 9.10. The first-order valence-electron chi connectivity index (χ1n) is 6.21. The molecule has 3 rings (SSSR count). The van der Waals surface area contributed by atoms with Crippen LogP contribution in [0.4, 0.5) is 5.69 Å². The second kappa shape index (κ2) is 4.70. The van der Waals surface area contributed by atoms with Crippen LogP contribution in [0.5, 0.6) is 0 Å². The average molecular weight is 316 g/mol. The molecule has 0 spiro atoms. The van der Waals surface area contributed by atoms with Gasteiger partial charge in [-0.25, -0.2) is 4.98 Å². The van der Waals surface area contributed by atoms with Crippen LogP contribution in [0.15, 0.2) is 46.9 Å². The first kappa shape index (κ1) is 12.2. The fourth-order valence-corrected chi connectivity index (χ4v) is 2.68. The molecule has 2 aromatic carbocycles. The molecule has 2 N–H and O–H groups in total. The smallest absolute Gasteiger partial charge is 0.143 e. The summed E-state index contributed by atoms with van der Waals surface area (Å²) >= 11 is 3.48. The van der Waals surface area contributed by atoms with Crippen molar-refractivity contribution in [3.8, 4) is 11.4 Å². The molecular formula is C15H14BrN3. The van der Waals surface area contributed by atoms with Gasteiger partial charge < -0.3 is 10.3 Å². The van der Waals surface area contributed by atoms with Crippen LogP contribution in [0.3, 0.4) is 0 Å². The van der Waals surface area contributed by atoms with E-state index in [2.05, 4.69) is 33.5 Å². The van der Waals surface area contributed by atoms with Gasteiger partial charge in [-0.1, -0.05) is 28.1 Å². The standard InChI is InChI=1S/C15H14BrN3/c1-2-19-14-8-7-10(16)9-13(14)18-15(19)11-5-3-4-6-12(11)17/h3-9H,2,17H2,1H3. The Morgan fingerprint density at radius 2 is 2.00 bits per heavy atom. The number of para-hydroxylation sites is 1. The van der Waals surface area contributed by atoms with Crippen LogP contribution in [0.1, 0.15) is 6.92 Å². The Balaban J connectivity index is 2.32. The van der Waals surface area contributed by atoms with Crippen LogP contribution in [0, 0.1) is 0 Å². The third kappa shape index (κ3) is 2.02. The molecule has 0 unspecified atom stereocenters. The fraction of sp³-hybridized carbons (Fsp3) is 0.133. The topological polar surface area (TPSA) is 43.8 Å². The largest absolute Gasteiger partial charge is 0.398 e. The minimum absolute atomic E-state index is 0.756. The third-order valence-corrected chi connectivity index (χ3v) is 3.72. The molecule has 0 aliphatic rings. The Kier molecular flexibility index (Phi) is 3.03. The van der Waals surface area contributed by atoms with Crippen molar-refractivity contribution in [3.63, 3.8) is 0 Å². The minimum Gasteiger partial charge on any atom is -0.398 e. The van der Waals surface area contributed by atoms with E-state index < -0.39 is 0 Å². The van der Waals surface area contributed by atoms with E-state index in [4.69, 9.17) is 10.7 Å². The monoisotopic (exact) mass is 315 g/mol. The van der Waals surface area contributed by atoms with E-state index in [1.165, 1.54) is 0 Å². The number of benzene rings is 2. The van der Waals surface area contributed by atoms with Gasteiger partial charge >= 0.3 is 0 Å². The summed E-state index contributed by atoms with van der Waals surface area (Å²) in [5, 5.41) is 0. The highest BCUT2D eigenvalue weighted by atomic mass is 79.9. The number of fused-ring (bicyclic) bond motifs is 1. The Bertz CT molecular complexity index is 746. The Morgan fingerprint density at radius 3 is 2.74 bits per heavy atom. The lowest BCUT2D eigenvalue weighted by Gasteiger charge is -2.08. The number of aromatic nitrogens is 2. The first-order chi connectivity index (χ1) is 9.20. The molecule has 0 saturated carbocycles. The molecule has 0 aliphatic heterocycles. The molecular weight excluding hydrogens is 302 g/mol. The summed E-state index contributed by atoms with van der Waals surface area (Å²) in [7, 11) is 0. The molecule has 0 fully saturated rings. The van der Waals surface area contributed by atoms with Gasteiger partial charge in [0.05, 0.1) is 11.0 Å². The second-order valence-electron chi connectivity index (χ2n) is 4.40. The number of hydrogen-bond donors (Lipinski definition) is 1. The van der Waals surface area contributed by atoms with Crippen LogP contribution < -0.4 is 5.73 Å². The van der Waals surface area contributed by atoms with Crippen molar-refractivity contribution in [1.82, 2.24) is 9.55 Å². The van der Waals surface area contributed by atoms with Gasteiger partial charge in [-0.2, -0.15) is 0 Å². The van der Waals surface area contributed by atoms with Crippen molar-refractivity contribution < 1.29 is 0 Å². The van der Waals surface area contributed by atoms with Crippen LogP contribution in [0.2, 0.25) is 0 Å². The van der Waals surface area contributed by atoms with Crippen LogP contribution >= 0.6 is 15.9 Å². The maximum absolute atomic E-state index is 6.07. The Labute approximate surface area is 120 Å². The van der Waals surface area contributed by atoms with E-state index in [0.29, 0.717) is 0 Å². The number of halogens is 1. The molecule has 0 aliphatic carbocycles. The van der Waals surface area contributed by atoms with E-state index in [9.17, 15) is 0 Å². The normalized spacial score (nSPS) is 11.1. The van der Waals surface area contributed by atoms with Gasteiger partial charge in [0.2, 0.25) is 0 Å². The molecule has 0 saturated heterocycles. The van der Waals surface area contributed by atoms with Crippen molar-refractivity contribution in [2.45, 2.75) is 13.5 Å². The second-order valence-corrected chi connectivity index (χ2v) is 5.32. The summed E-state index contributed by atoms with van der Waals surface area (Å²) in [6.07, 6.45) is 0. The van der Waals surface area contributed by atoms with Crippen molar-refractivity contribution in [1.29, 1.82) is 0 Å². The number of aryl methyl sites for hydroxylation is 1. The number of anilines is 1. The van der Waals surface area contributed by atoms with Gasteiger partial charge in [-0.05, 0) is 37.3 Å². The van der Waals surface area contributed by atoms with Gasteiger partial charge in [-0.3, -0.25) is 0 Å². The fourth-order valence-electron chi connectivity index (χ4n) is 2.33. The van der Waals surface area contributed by atoms with E-state index in [-0.39, 0.29) is 0 Å². The molecule has 4 heteroatoms. The van der Waals surface area contributed by atoms with Crippen molar-refractivity contribution >= 4 is 32.7 Å². The number of nitrogen functional groups attached to an aromatic ring is 1. The van der Waals surface area contributed by atoms with E-state index in [0.717, 1.165) is 39.1 Å². The maximum atomic E-state index is 6.07. The zero-order valence-corrected chi connectivity index (χ0v) is 12.2. The van der Waals surface area contributed by atoms with Crippen LogP contribution in [-0.4, -0.2) is 9.55 Å². The lowest BCUT2D eigenvalue weighted by molar-refractivity contribution is 0.796. The quantitative estimate of drug-likeness (QED) is 0.724. The minimum atomic E-state index is 0.756. The van der Waals surface area contributed by atoms with E-state index >= 15 is 0 Å². The highest BCUT2D eigenvalue weighted by Gasteiger charge is 2.13. The summed E-state index contributed by atoms with van der Waals surface area (Å²) < 4.78 is 3.22. The summed E-state index contributed by atoms with van der Waals surface area (Å²) in [6.45, 7) is 2.98. The first-order valence-corrected chi connectivity index (χ1v) is 7.00. The number of rotatable bonds is 2. The number of imidazole rings is 1. The van der Waals surface area contributed by atoms with Gasteiger partial charge in [0, 0.05) is 22.3 Å². The Hall–Kier alpha value is -1.81. The zero-order chi connectivity index (χ0) is 13.4. The molecule has 0 atom stereocenters. The summed E-state index contributed by atoms with van der Waals surface area (Å²) in [5.41, 5.74) is 9.91. The predicted octanol–water partition coefficient (Wildman–Crippen LogP) is 4.07. The molecule has 19 heavy (non-hydrogen) atoms. The lowest BCUT2D eigenvalue weighted by atomic mass is 10.1. The number of nitrogens with two attached hydrogens (primary N) is 1. The molecule has 0 radical (unpaired) electrons. The van der Waals surface area contributed by atoms with Gasteiger partial charge in [-0.15, -0.1) is 0 Å². The van der Waals surface area contributed by atoms with Gasteiger partial charge in [0.1, 0.15) is 5.82 Å². The summed E-state index contributed by atoms with van der Waals surface area (Å²) in [6, 6.07) is 14.0. The van der Waals surface area contributed by atoms with Crippen molar-refractivity contribution in [3.05, 3.63) is 46.9 Å². The maximum Gasteiger partial charge on any atom is 0.143 e. The zero-order valence-electron chi connectivity index (χ0n) is 10.6. The lowest BCUT2D eigenvalue weighted by Crippen LogP contribution is -1.99. The van der Waals surface area contributed by atoms with E-state index in [1.54, 1.807) is 0 Å². The third-order valence-electron chi connectivity index (χ3n) is 3.23. The Morgan fingerprint density at radius 1 is 1.21 bits per heavy atom. The molecule has 3 nitrogen and oxygen atoms in total. The SMILES string of the molecule is CCn1c(-c2ccccc2N)nc2cc(Br)ccc21. The highest BCUT2D eigenvalue weighted by Crippen LogP contribution is 2.29. The van der Waals surface area contributed by atoms with Crippen LogP contribution in [0.25, 0.3) is 22.4 Å². The molecule has 3 aromatic rings. The summed E-state index contributed by atoms with van der Waals surface area (Å²) in [4.78, 5) is 4.73. The van der Waals surface area contributed by atoms with Crippen molar-refractivity contribution in [2.75, 3.05) is 5.73 Å². The number of nitrogens with zero attached hydrogens (tertiary/aromatic N) is 2. The van der Waals surface area contributed by atoms with E-state index in [1.807, 2.05) is 36.4 Å². The van der Waals surface area contributed by atoms with Crippen molar-refractivity contribution in [2.24, 2.45) is 0 Å². The molecule has 96 valence electrons. The summed E-state index contributed by atoms with van der Waals surface area (Å²) in [5.74, 6) is 0.925. The number of hydrogen-bond acceptors (Lipinski definition) is 2. The molecule has 0 amide bonds. The molecule has 1 heterocycles. The molecule has 0 bridgehead atoms. The van der Waals surface area contributed by atoms with Gasteiger partial charge in [0.25, 0.3) is 0 Å². The average Bonchev–Trinajstić information content (AvgIpc) is 2.76.